The second kappa shape index (κ2) is 4.60. The van der Waals surface area contributed by atoms with E-state index in [4.69, 9.17) is 11.6 Å². The van der Waals surface area contributed by atoms with Gasteiger partial charge in [-0.15, -0.1) is 11.6 Å². The largest absolute Gasteiger partial charge is 0.341 e. The van der Waals surface area contributed by atoms with Crippen LogP contribution in [0.4, 0.5) is 5.95 Å². The van der Waals surface area contributed by atoms with E-state index in [0.717, 1.165) is 24.9 Å². The van der Waals surface area contributed by atoms with Gasteiger partial charge in [-0.1, -0.05) is 0 Å². The van der Waals surface area contributed by atoms with Crippen molar-refractivity contribution in [3.05, 3.63) is 18.5 Å². The number of rotatable bonds is 2. The third-order valence-electron chi connectivity index (χ3n) is 2.57. The van der Waals surface area contributed by atoms with E-state index >= 15 is 0 Å². The lowest BCUT2D eigenvalue weighted by atomic mass is 10.0. The van der Waals surface area contributed by atoms with Gasteiger partial charge in [0.25, 0.3) is 0 Å². The minimum atomic E-state index is 0.592. The van der Waals surface area contributed by atoms with Gasteiger partial charge in [-0.2, -0.15) is 0 Å². The molecule has 0 aromatic carbocycles. The fourth-order valence-electron chi connectivity index (χ4n) is 1.83. The molecule has 0 bridgehead atoms. The first-order chi connectivity index (χ1) is 6.90. The second-order valence-electron chi connectivity index (χ2n) is 3.66. The summed E-state index contributed by atoms with van der Waals surface area (Å²) in [6.45, 7) is 2.05. The summed E-state index contributed by atoms with van der Waals surface area (Å²) in [5.74, 6) is 2.17. The summed E-state index contributed by atoms with van der Waals surface area (Å²) in [4.78, 5) is 10.7. The van der Waals surface area contributed by atoms with E-state index in [0.29, 0.717) is 5.92 Å². The SMILES string of the molecule is ClC[C@@H]1CCCN(c2ncccn2)C1. The van der Waals surface area contributed by atoms with Crippen LogP contribution in [0.1, 0.15) is 12.8 Å². The van der Waals surface area contributed by atoms with Crippen LogP contribution < -0.4 is 4.90 Å². The molecule has 2 rings (SSSR count). The van der Waals surface area contributed by atoms with E-state index < -0.39 is 0 Å². The highest BCUT2D eigenvalue weighted by Crippen LogP contribution is 2.20. The molecule has 1 atom stereocenters. The van der Waals surface area contributed by atoms with Crippen molar-refractivity contribution in [2.75, 3.05) is 23.9 Å². The summed E-state index contributed by atoms with van der Waals surface area (Å²) in [7, 11) is 0. The Balaban J connectivity index is 2.04. The van der Waals surface area contributed by atoms with Crippen molar-refractivity contribution >= 4 is 17.5 Å². The highest BCUT2D eigenvalue weighted by atomic mass is 35.5. The summed E-state index contributed by atoms with van der Waals surface area (Å²) >= 11 is 5.87. The maximum absolute atomic E-state index is 5.87. The Morgan fingerprint density at radius 2 is 2.21 bits per heavy atom. The zero-order valence-electron chi connectivity index (χ0n) is 8.06. The summed E-state index contributed by atoms with van der Waals surface area (Å²) < 4.78 is 0. The highest BCUT2D eigenvalue weighted by molar-refractivity contribution is 6.18. The maximum Gasteiger partial charge on any atom is 0.225 e. The molecule has 0 spiro atoms. The molecule has 1 aliphatic rings. The van der Waals surface area contributed by atoms with Gasteiger partial charge in [0, 0.05) is 31.4 Å². The van der Waals surface area contributed by atoms with Crippen molar-refractivity contribution in [2.24, 2.45) is 5.92 Å². The minimum absolute atomic E-state index is 0.592. The van der Waals surface area contributed by atoms with Crippen molar-refractivity contribution in [2.45, 2.75) is 12.8 Å². The molecule has 1 aromatic rings. The molecule has 76 valence electrons. The number of hydrogen-bond acceptors (Lipinski definition) is 3. The maximum atomic E-state index is 5.87. The van der Waals surface area contributed by atoms with Gasteiger partial charge in [-0.25, -0.2) is 9.97 Å². The Bertz CT molecular complexity index is 278. The zero-order valence-corrected chi connectivity index (χ0v) is 8.82. The molecule has 1 saturated heterocycles. The predicted molar refractivity (Wildman–Crippen MR) is 57.7 cm³/mol. The fraction of sp³-hybridized carbons (Fsp3) is 0.600. The number of nitrogens with zero attached hydrogens (tertiary/aromatic N) is 3. The smallest absolute Gasteiger partial charge is 0.225 e. The standard InChI is InChI=1S/C10H14ClN3/c11-7-9-3-1-6-14(8-9)10-12-4-2-5-13-10/h2,4-5,9H,1,3,6-8H2/t9-/m0/s1. The molecule has 0 radical (unpaired) electrons. The Morgan fingerprint density at radius 1 is 1.43 bits per heavy atom. The van der Waals surface area contributed by atoms with Crippen LogP contribution in [0.15, 0.2) is 18.5 Å². The molecule has 1 aliphatic heterocycles. The number of piperidine rings is 1. The van der Waals surface area contributed by atoms with Gasteiger partial charge in [-0.3, -0.25) is 0 Å². The van der Waals surface area contributed by atoms with Gasteiger partial charge in [0.05, 0.1) is 0 Å². The number of halogens is 1. The Kier molecular flexibility index (Phi) is 3.19. The van der Waals surface area contributed by atoms with Crippen LogP contribution in [0.5, 0.6) is 0 Å². The van der Waals surface area contributed by atoms with Crippen molar-refractivity contribution in [3.8, 4) is 0 Å². The van der Waals surface area contributed by atoms with Crippen molar-refractivity contribution in [3.63, 3.8) is 0 Å². The van der Waals surface area contributed by atoms with Crippen molar-refractivity contribution < 1.29 is 0 Å². The summed E-state index contributed by atoms with van der Waals surface area (Å²) in [5, 5.41) is 0. The number of hydrogen-bond donors (Lipinski definition) is 0. The van der Waals surface area contributed by atoms with Crippen molar-refractivity contribution in [1.29, 1.82) is 0 Å². The van der Waals surface area contributed by atoms with Gasteiger partial charge < -0.3 is 4.90 Å². The number of alkyl halides is 1. The van der Waals surface area contributed by atoms with Gasteiger partial charge in [0.15, 0.2) is 0 Å². The van der Waals surface area contributed by atoms with Crippen LogP contribution in [-0.4, -0.2) is 28.9 Å². The third kappa shape index (κ3) is 2.15. The van der Waals surface area contributed by atoms with E-state index in [2.05, 4.69) is 14.9 Å². The Labute approximate surface area is 89.1 Å². The van der Waals surface area contributed by atoms with Crippen molar-refractivity contribution in [1.82, 2.24) is 9.97 Å². The normalized spacial score (nSPS) is 22.4. The lowest BCUT2D eigenvalue weighted by Crippen LogP contribution is -2.37. The topological polar surface area (TPSA) is 29.0 Å². The molecule has 1 aromatic heterocycles. The average Bonchev–Trinajstić information content (AvgIpc) is 2.30. The first-order valence-electron chi connectivity index (χ1n) is 4.98. The Hall–Kier alpha value is -0.830. The van der Waals surface area contributed by atoms with E-state index in [9.17, 15) is 0 Å². The Morgan fingerprint density at radius 3 is 2.93 bits per heavy atom. The molecule has 0 saturated carbocycles. The van der Waals surface area contributed by atoms with Crippen LogP contribution in [0.25, 0.3) is 0 Å². The summed E-state index contributed by atoms with van der Waals surface area (Å²) in [5.41, 5.74) is 0. The summed E-state index contributed by atoms with van der Waals surface area (Å²) in [6.07, 6.45) is 5.99. The molecule has 0 N–H and O–H groups in total. The lowest BCUT2D eigenvalue weighted by molar-refractivity contribution is 0.446. The monoisotopic (exact) mass is 211 g/mol. The number of anilines is 1. The van der Waals surface area contributed by atoms with Gasteiger partial charge in [-0.05, 0) is 24.8 Å². The van der Waals surface area contributed by atoms with E-state index in [1.165, 1.54) is 12.8 Å². The van der Waals surface area contributed by atoms with E-state index in [1.54, 1.807) is 12.4 Å². The second-order valence-corrected chi connectivity index (χ2v) is 3.97. The van der Waals surface area contributed by atoms with Gasteiger partial charge >= 0.3 is 0 Å². The lowest BCUT2D eigenvalue weighted by Gasteiger charge is -2.31. The first-order valence-corrected chi connectivity index (χ1v) is 5.51. The third-order valence-corrected chi connectivity index (χ3v) is 3.01. The summed E-state index contributed by atoms with van der Waals surface area (Å²) in [6, 6.07) is 1.84. The van der Waals surface area contributed by atoms with Crippen LogP contribution in [0.2, 0.25) is 0 Å². The fourth-order valence-corrected chi connectivity index (χ4v) is 2.08. The molecule has 0 unspecified atom stereocenters. The molecule has 1 fully saturated rings. The van der Waals surface area contributed by atoms with Crippen LogP contribution >= 0.6 is 11.6 Å². The van der Waals surface area contributed by atoms with Crippen LogP contribution in [0.3, 0.4) is 0 Å². The molecule has 2 heterocycles. The molecule has 0 amide bonds. The number of aromatic nitrogens is 2. The van der Waals surface area contributed by atoms with E-state index in [1.807, 2.05) is 6.07 Å². The van der Waals surface area contributed by atoms with E-state index in [-0.39, 0.29) is 0 Å². The zero-order chi connectivity index (χ0) is 9.80. The first kappa shape index (κ1) is 9.71. The molecular weight excluding hydrogens is 198 g/mol. The van der Waals surface area contributed by atoms with Gasteiger partial charge in [0.2, 0.25) is 5.95 Å². The minimum Gasteiger partial charge on any atom is -0.341 e. The highest BCUT2D eigenvalue weighted by Gasteiger charge is 2.20. The molecule has 14 heavy (non-hydrogen) atoms. The molecule has 3 nitrogen and oxygen atoms in total. The molecular formula is C10H14ClN3. The van der Waals surface area contributed by atoms with Crippen LogP contribution in [-0.2, 0) is 0 Å². The average molecular weight is 212 g/mol. The van der Waals surface area contributed by atoms with Gasteiger partial charge in [0.1, 0.15) is 0 Å². The quantitative estimate of drug-likeness (QED) is 0.701. The molecule has 4 heteroatoms. The molecule has 0 aliphatic carbocycles. The predicted octanol–water partition coefficient (Wildman–Crippen LogP) is 1.93. The van der Waals surface area contributed by atoms with Crippen LogP contribution in [0, 0.1) is 5.92 Å².